The minimum Gasteiger partial charge on any atom is -0.481 e. The number of carbonyl (C=O) groups is 16. The van der Waals surface area contributed by atoms with E-state index in [9.17, 15) is 83.1 Å². The van der Waals surface area contributed by atoms with Gasteiger partial charge in [0, 0.05) is 58.5 Å². The van der Waals surface area contributed by atoms with Crippen molar-refractivity contribution < 1.29 is 102 Å². The first-order valence-electron chi connectivity index (χ1n) is 41.2. The van der Waals surface area contributed by atoms with Crippen LogP contribution in [0.1, 0.15) is 82.6 Å². The van der Waals surface area contributed by atoms with Gasteiger partial charge in [0.2, 0.25) is 88.6 Å². The highest BCUT2D eigenvalue weighted by Gasteiger charge is 2.44. The lowest BCUT2D eigenvalue weighted by atomic mass is 9.97. The number of benzene rings is 6. The summed E-state index contributed by atoms with van der Waals surface area (Å²) >= 11 is 0.766. The number of aliphatic carboxylic acids is 1. The maximum absolute atomic E-state index is 15.8. The lowest BCUT2D eigenvalue weighted by molar-refractivity contribution is -0.145. The van der Waals surface area contributed by atoms with Crippen LogP contribution in [-0.4, -0.2) is 277 Å². The summed E-state index contributed by atoms with van der Waals surface area (Å²) in [5, 5.41) is 81.4. The van der Waals surface area contributed by atoms with Gasteiger partial charge >= 0.3 is 5.97 Å². The first-order chi connectivity index (χ1) is 60.0. The number of carboxylic acids is 1. The summed E-state index contributed by atoms with van der Waals surface area (Å²) in [5.74, 6) is -18.8. The van der Waals surface area contributed by atoms with Crippen LogP contribution in [0, 0.1) is 5.92 Å². The van der Waals surface area contributed by atoms with E-state index in [2.05, 4.69) is 58.5 Å². The number of thioether (sulfide) groups is 1. The monoisotopic (exact) mass is 1760 g/mol. The highest BCUT2D eigenvalue weighted by molar-refractivity contribution is 8.00. The summed E-state index contributed by atoms with van der Waals surface area (Å²) in [6.45, 7) is 3.38. The normalized spacial score (nSPS) is 24.0. The predicted octanol–water partition coefficient (Wildman–Crippen LogP) is -1.58. The topological polar surface area (TPSA) is 542 Å². The molecule has 0 unspecified atom stereocenters. The number of nitrogens with zero attached hydrogens (tertiary/aromatic N) is 3. The van der Waals surface area contributed by atoms with E-state index >= 15 is 19.2 Å². The van der Waals surface area contributed by atoms with Gasteiger partial charge in [-0.15, -0.1) is 11.8 Å². The Morgan fingerprint density at radius 1 is 0.452 bits per heavy atom. The van der Waals surface area contributed by atoms with Crippen LogP contribution < -0.4 is 64.2 Å². The molecule has 2 aliphatic heterocycles. The SMILES string of the molecule is CC(C)[C@@H]1NC(=O)[C@H](Cc2ccccc2)NC(=O)CSC[C@@H](C(=O)NCC(N)=O)NC(=O)[C@@H]2CCCN2C(=O)[C@H](CO)NC(=O)[C@H](CCC(=O)O)NC(=O)[C@H](C)N(C)C(=O)[C@H](Cc2ccc(-c3ccccc3)cc2)NC(=O)[C@H](Cc2ccccc2)N(C)C(=O)[C@H](Cc2ccc(-c3ccccc3)cc2)NC(=O)[C@H]([C@@H](C)O)NC(=O)[C@H]([C@@H](C)O)NC(=O)[C@H](CO)NC1=O. The van der Waals surface area contributed by atoms with Gasteiger partial charge in [-0.3, -0.25) is 76.7 Å². The van der Waals surface area contributed by atoms with Crippen molar-refractivity contribution in [1.29, 1.82) is 0 Å². The van der Waals surface area contributed by atoms with E-state index in [4.69, 9.17) is 5.73 Å². The van der Waals surface area contributed by atoms with Crippen LogP contribution in [0.4, 0.5) is 0 Å². The number of hydrogen-bond donors (Lipinski definition) is 17. The number of rotatable bonds is 21. The van der Waals surface area contributed by atoms with E-state index in [1.807, 2.05) is 60.7 Å². The molecular weight excluding hydrogens is 1650 g/mol. The molecule has 0 spiro atoms. The molecule has 674 valence electrons. The highest BCUT2D eigenvalue weighted by atomic mass is 32.2. The Kier molecular flexibility index (Phi) is 37.3. The molecule has 0 aliphatic carbocycles. The molecule has 2 fully saturated rings. The maximum Gasteiger partial charge on any atom is 0.303 e. The summed E-state index contributed by atoms with van der Waals surface area (Å²) < 4.78 is 0. The molecule has 0 bridgehead atoms. The van der Waals surface area contributed by atoms with Crippen LogP contribution in [0.25, 0.3) is 22.3 Å². The van der Waals surface area contributed by atoms with Gasteiger partial charge in [0.1, 0.15) is 78.5 Å². The highest BCUT2D eigenvalue weighted by Crippen LogP contribution is 2.25. The van der Waals surface area contributed by atoms with Gasteiger partial charge in [0.25, 0.3) is 0 Å². The van der Waals surface area contributed by atoms with Crippen molar-refractivity contribution in [3.05, 3.63) is 192 Å². The van der Waals surface area contributed by atoms with E-state index in [1.165, 1.54) is 34.9 Å². The molecule has 6 aromatic rings. The number of nitrogens with two attached hydrogens (primary N) is 1. The maximum atomic E-state index is 15.8. The summed E-state index contributed by atoms with van der Waals surface area (Å²) in [6, 6.07) is 27.1. The van der Waals surface area contributed by atoms with Gasteiger partial charge in [-0.25, -0.2) is 0 Å². The lowest BCUT2D eigenvalue weighted by Gasteiger charge is -2.34. The molecule has 126 heavy (non-hydrogen) atoms. The van der Waals surface area contributed by atoms with Gasteiger partial charge in [0.15, 0.2) is 0 Å². The van der Waals surface area contributed by atoms with Gasteiger partial charge < -0.3 is 104 Å². The number of nitrogens with one attached hydrogen (secondary N) is 11. The van der Waals surface area contributed by atoms with E-state index in [0.717, 1.165) is 62.6 Å². The Morgan fingerprint density at radius 3 is 1.37 bits per heavy atom. The fourth-order valence-corrected chi connectivity index (χ4v) is 15.1. The van der Waals surface area contributed by atoms with Crippen LogP contribution >= 0.6 is 11.8 Å². The Morgan fingerprint density at radius 2 is 0.865 bits per heavy atom. The largest absolute Gasteiger partial charge is 0.481 e. The Labute approximate surface area is 732 Å². The minimum absolute atomic E-state index is 0.0432. The third kappa shape index (κ3) is 28.5. The quantitative estimate of drug-likeness (QED) is 0.0387. The molecule has 15 atom stereocenters. The molecule has 0 radical (unpaired) electrons. The first-order valence-corrected chi connectivity index (χ1v) is 42.4. The molecule has 2 aliphatic rings. The number of carbonyl (C=O) groups excluding carboxylic acids is 15. The average molecular weight is 1760 g/mol. The number of aliphatic hydroxyl groups excluding tert-OH is 4. The van der Waals surface area contributed by atoms with Crippen LogP contribution in [0.3, 0.4) is 0 Å². The van der Waals surface area contributed by atoms with Crippen LogP contribution in [0.15, 0.2) is 170 Å². The minimum atomic E-state index is -2.03. The Hall–Kier alpha value is -13.0. The van der Waals surface area contributed by atoms with Crippen molar-refractivity contribution in [3.8, 4) is 22.3 Å². The van der Waals surface area contributed by atoms with Crippen molar-refractivity contribution in [1.82, 2.24) is 73.2 Å². The zero-order valence-corrected chi connectivity index (χ0v) is 71.7. The lowest BCUT2D eigenvalue weighted by Crippen LogP contribution is -2.64. The smallest absolute Gasteiger partial charge is 0.303 e. The Balaban J connectivity index is 1.18. The van der Waals surface area contributed by atoms with Crippen molar-refractivity contribution in [3.63, 3.8) is 0 Å². The third-order valence-corrected chi connectivity index (χ3v) is 22.6. The summed E-state index contributed by atoms with van der Waals surface area (Å²) in [6.07, 6.45) is -5.97. The van der Waals surface area contributed by atoms with Crippen molar-refractivity contribution in [2.45, 2.75) is 177 Å². The number of primary amides is 1. The van der Waals surface area contributed by atoms with Crippen molar-refractivity contribution in [2.75, 3.05) is 51.9 Å². The van der Waals surface area contributed by atoms with Crippen molar-refractivity contribution in [2.24, 2.45) is 11.7 Å². The number of carboxylic acid groups (broad SMARTS) is 1. The van der Waals surface area contributed by atoms with Gasteiger partial charge in [-0.2, -0.15) is 0 Å². The first kappa shape index (κ1) is 98.5. The molecule has 2 heterocycles. The second kappa shape index (κ2) is 47.8. The van der Waals surface area contributed by atoms with Crippen LogP contribution in [0.5, 0.6) is 0 Å². The number of aliphatic hydroxyl groups is 4. The van der Waals surface area contributed by atoms with Crippen LogP contribution in [0.2, 0.25) is 0 Å². The summed E-state index contributed by atoms with van der Waals surface area (Å²) in [7, 11) is 2.49. The average Bonchev–Trinajstić information content (AvgIpc) is 1.32. The van der Waals surface area contributed by atoms with Gasteiger partial charge in [-0.1, -0.05) is 184 Å². The van der Waals surface area contributed by atoms with E-state index < -0.39 is 235 Å². The molecule has 8 rings (SSSR count). The second-order valence-electron chi connectivity index (χ2n) is 31.4. The van der Waals surface area contributed by atoms with E-state index in [0.29, 0.717) is 22.3 Å². The van der Waals surface area contributed by atoms with E-state index in [-0.39, 0.29) is 45.1 Å². The zero-order chi connectivity index (χ0) is 92.0. The summed E-state index contributed by atoms with van der Waals surface area (Å²) in [5.41, 5.74) is 10.5. The zero-order valence-electron chi connectivity index (χ0n) is 70.9. The molecule has 18 N–H and O–H groups in total. The number of fused-ring (bicyclic) bond motifs is 1. The molecule has 0 saturated carbocycles. The molecule has 15 amide bonds. The third-order valence-electron chi connectivity index (χ3n) is 21.6. The van der Waals surface area contributed by atoms with Crippen molar-refractivity contribution >= 4 is 106 Å². The molecule has 37 heteroatoms. The second-order valence-corrected chi connectivity index (χ2v) is 32.4. The predicted molar refractivity (Wildman–Crippen MR) is 463 cm³/mol. The molecule has 0 aromatic heterocycles. The number of likely N-dealkylation sites (N-methyl/N-ethyl adjacent to an activating group) is 2. The number of amides is 15. The van der Waals surface area contributed by atoms with E-state index in [1.54, 1.807) is 109 Å². The molecule has 2 saturated heterocycles. The van der Waals surface area contributed by atoms with Gasteiger partial charge in [-0.05, 0) is 90.5 Å². The molecule has 36 nitrogen and oxygen atoms in total. The standard InChI is InChI=1S/C89H111N15O21S/c1-50(2)74-84(120)96-66(46-105)81(117)100-76(53(5)108)86(122)101-75(52(4)107)85(121)95-65(43-57-32-36-61(37-33-57)59-27-18-11-19-28-59)88(124)103(7)70(44-55-23-14-9-15-24-55)83(119)94-64(42-56-30-34-60(35-31-56)58-25-16-10-17-26-58)87(123)102(6)51(3)77(113)93-62(38-39-73(111)112)79(115)97-67(47-106)89(125)104-40-20-29-69(104)82(118)98-68(78(114)91-45-71(90)109)48-126-49-72(110)92-63(80(116)99-74)41-54-21-12-8-13-22-54/h8-19,21-28,30-37,50-53,62-70,74-76,105-108H,20,29,38-49H2,1-7H3,(H2,90,109)(H,91,114)(H,92,110)(H,93,113)(H,94,119)(H,95,121)(H,96,120)(H,97,115)(H,98,118)(H,99,116)(H,100,117)(H,101,122)(H,111,112)/t51-,52+,53+,62-,63-,64-,65-,66-,67-,68-,69-,70-,74-,75-,76-/m0/s1. The Bertz CT molecular complexity index is 4790. The number of hydrogen-bond acceptors (Lipinski definition) is 21. The molecular formula is C89H111N15O21S. The summed E-state index contributed by atoms with van der Waals surface area (Å²) in [4.78, 5) is 233. The molecule has 6 aromatic carbocycles. The van der Waals surface area contributed by atoms with Crippen LogP contribution in [-0.2, 0) is 102 Å². The fraction of sp³-hybridized carbons (Fsp3) is 0.416. The fourth-order valence-electron chi connectivity index (χ4n) is 14.2. The van der Waals surface area contributed by atoms with Gasteiger partial charge in [0.05, 0.1) is 37.7 Å².